The van der Waals surface area contributed by atoms with Gasteiger partial charge < -0.3 is 19.3 Å². The predicted molar refractivity (Wildman–Crippen MR) is 116 cm³/mol. The van der Waals surface area contributed by atoms with Crippen molar-refractivity contribution in [1.82, 2.24) is 9.80 Å². The Kier molecular flexibility index (Phi) is 8.10. The lowest BCUT2D eigenvalue weighted by Crippen LogP contribution is -2.51. The molecule has 33 heavy (non-hydrogen) atoms. The third-order valence-corrected chi connectivity index (χ3v) is 5.44. The van der Waals surface area contributed by atoms with Gasteiger partial charge in [-0.05, 0) is 37.3 Å². The van der Waals surface area contributed by atoms with Gasteiger partial charge in [-0.3, -0.25) is 9.59 Å². The van der Waals surface area contributed by atoms with Gasteiger partial charge >= 0.3 is 6.18 Å². The van der Waals surface area contributed by atoms with Crippen LogP contribution in [0, 0.1) is 6.92 Å². The van der Waals surface area contributed by atoms with Crippen LogP contribution in [-0.4, -0.2) is 74.2 Å². The molecule has 178 valence electrons. The fourth-order valence-corrected chi connectivity index (χ4v) is 3.63. The van der Waals surface area contributed by atoms with Crippen LogP contribution >= 0.6 is 0 Å². The molecule has 2 amide bonds. The minimum absolute atomic E-state index is 0.0654. The summed E-state index contributed by atoms with van der Waals surface area (Å²) >= 11 is 0. The topological polar surface area (TPSA) is 59.1 Å². The number of hydrogen-bond donors (Lipinski definition) is 0. The average molecular weight is 464 g/mol. The Bertz CT molecular complexity index is 963. The Morgan fingerprint density at radius 1 is 1.15 bits per heavy atom. The summed E-state index contributed by atoms with van der Waals surface area (Å²) in [6.07, 6.45) is -5.02. The lowest BCUT2D eigenvalue weighted by molar-refractivity contribution is -0.137. The second-order valence-electron chi connectivity index (χ2n) is 7.93. The third-order valence-electron chi connectivity index (χ3n) is 5.44. The molecule has 0 unspecified atom stereocenters. The van der Waals surface area contributed by atoms with E-state index in [0.29, 0.717) is 18.7 Å². The zero-order valence-corrected chi connectivity index (χ0v) is 18.6. The fourth-order valence-electron chi connectivity index (χ4n) is 3.63. The van der Waals surface area contributed by atoms with Crippen LogP contribution in [0.4, 0.5) is 13.2 Å². The Morgan fingerprint density at radius 2 is 1.88 bits per heavy atom. The van der Waals surface area contributed by atoms with Crippen molar-refractivity contribution >= 4 is 11.8 Å². The molecule has 2 aromatic rings. The molecule has 0 radical (unpaired) electrons. The summed E-state index contributed by atoms with van der Waals surface area (Å²) in [5.74, 6) is -0.681. The number of ether oxygens (including phenoxy) is 2. The van der Waals surface area contributed by atoms with Gasteiger partial charge in [-0.2, -0.15) is 13.2 Å². The molecule has 9 heteroatoms. The smallest absolute Gasteiger partial charge is 0.383 e. The maximum atomic E-state index is 13.1. The molecular formula is C24H27F3N2O4. The number of hydrogen-bond acceptors (Lipinski definition) is 4. The number of aryl methyl sites for hydroxylation is 1. The van der Waals surface area contributed by atoms with E-state index in [1.807, 2.05) is 19.1 Å². The summed E-state index contributed by atoms with van der Waals surface area (Å²) in [4.78, 5) is 29.0. The van der Waals surface area contributed by atoms with Crippen molar-refractivity contribution in [3.05, 3.63) is 70.8 Å². The van der Waals surface area contributed by atoms with Crippen molar-refractivity contribution in [3.8, 4) is 0 Å². The highest BCUT2D eigenvalue weighted by molar-refractivity contribution is 5.95. The molecule has 1 atom stereocenters. The Labute approximate surface area is 190 Å². The number of rotatable bonds is 7. The van der Waals surface area contributed by atoms with Crippen LogP contribution in [0.1, 0.15) is 31.8 Å². The third kappa shape index (κ3) is 6.55. The minimum atomic E-state index is -4.54. The van der Waals surface area contributed by atoms with Crippen molar-refractivity contribution in [2.45, 2.75) is 19.2 Å². The zero-order valence-electron chi connectivity index (χ0n) is 18.6. The van der Waals surface area contributed by atoms with Crippen molar-refractivity contribution in [3.63, 3.8) is 0 Å². The first-order valence-corrected chi connectivity index (χ1v) is 10.6. The first-order valence-electron chi connectivity index (χ1n) is 10.6. The normalized spacial score (nSPS) is 16.5. The van der Waals surface area contributed by atoms with Crippen LogP contribution in [0.25, 0.3) is 0 Å². The number of benzene rings is 2. The van der Waals surface area contributed by atoms with Crippen LogP contribution < -0.4 is 0 Å². The molecule has 1 aliphatic heterocycles. The molecule has 0 aromatic heterocycles. The van der Waals surface area contributed by atoms with Gasteiger partial charge in [0.05, 0.1) is 24.9 Å². The first-order chi connectivity index (χ1) is 15.7. The van der Waals surface area contributed by atoms with E-state index in [9.17, 15) is 22.8 Å². The largest absolute Gasteiger partial charge is 0.416 e. The monoisotopic (exact) mass is 464 g/mol. The van der Waals surface area contributed by atoms with Gasteiger partial charge in [0, 0.05) is 44.4 Å². The molecule has 0 spiro atoms. The molecule has 1 heterocycles. The minimum Gasteiger partial charge on any atom is -0.383 e. The van der Waals surface area contributed by atoms with E-state index in [0.717, 1.165) is 17.7 Å². The average Bonchev–Trinajstić information content (AvgIpc) is 2.81. The second kappa shape index (κ2) is 10.8. The Balaban J connectivity index is 1.72. The molecule has 0 N–H and O–H groups in total. The van der Waals surface area contributed by atoms with Gasteiger partial charge in [-0.25, -0.2) is 0 Å². The number of carbonyl (C=O) groups excluding carboxylic acids is 2. The summed E-state index contributed by atoms with van der Waals surface area (Å²) in [6, 6.07) is 11.6. The zero-order chi connectivity index (χ0) is 24.0. The Morgan fingerprint density at radius 3 is 2.55 bits per heavy atom. The van der Waals surface area contributed by atoms with Crippen molar-refractivity contribution in [2.24, 2.45) is 0 Å². The second-order valence-corrected chi connectivity index (χ2v) is 7.93. The molecule has 1 saturated heterocycles. The quantitative estimate of drug-likeness (QED) is 0.628. The Hall–Kier alpha value is -2.91. The van der Waals surface area contributed by atoms with E-state index in [1.165, 1.54) is 24.1 Å². The van der Waals surface area contributed by atoms with E-state index >= 15 is 0 Å². The number of methoxy groups -OCH3 is 1. The highest BCUT2D eigenvalue weighted by atomic mass is 19.4. The van der Waals surface area contributed by atoms with Crippen LogP contribution in [0.5, 0.6) is 0 Å². The molecular weight excluding hydrogens is 437 g/mol. The molecule has 0 aliphatic carbocycles. The SMILES string of the molecule is COCCN(C[C@@H]1CN(C(=O)c2ccc(C)cc2)CCO1)C(=O)c1cccc(C(F)(F)F)c1. The van der Waals surface area contributed by atoms with Crippen LogP contribution in [0.15, 0.2) is 48.5 Å². The van der Waals surface area contributed by atoms with E-state index in [4.69, 9.17) is 9.47 Å². The fraction of sp³-hybridized carbons (Fsp3) is 0.417. The number of nitrogens with zero attached hydrogens (tertiary/aromatic N) is 2. The van der Waals surface area contributed by atoms with Crippen LogP contribution in [-0.2, 0) is 15.7 Å². The summed E-state index contributed by atoms with van der Waals surface area (Å²) in [5, 5.41) is 0. The molecule has 0 saturated carbocycles. The summed E-state index contributed by atoms with van der Waals surface area (Å²) in [7, 11) is 1.48. The molecule has 2 aromatic carbocycles. The van der Waals surface area contributed by atoms with Crippen LogP contribution in [0.2, 0.25) is 0 Å². The molecule has 3 rings (SSSR count). The lowest BCUT2D eigenvalue weighted by atomic mass is 10.1. The van der Waals surface area contributed by atoms with E-state index in [-0.39, 0.29) is 37.7 Å². The van der Waals surface area contributed by atoms with Crippen molar-refractivity contribution in [1.29, 1.82) is 0 Å². The van der Waals surface area contributed by atoms with Gasteiger partial charge in [-0.1, -0.05) is 23.8 Å². The standard InChI is InChI=1S/C24H27F3N2O4/c1-17-6-8-18(9-7-17)22(30)29-11-13-33-21(16-29)15-28(10-12-32-2)23(31)19-4-3-5-20(14-19)24(25,26)27/h3-9,14,21H,10-13,15-16H2,1-2H3/t21-/m1/s1. The van der Waals surface area contributed by atoms with E-state index in [1.54, 1.807) is 17.0 Å². The number of carbonyl (C=O) groups is 2. The summed E-state index contributed by atoms with van der Waals surface area (Å²) in [5.41, 5.74) is 0.666. The van der Waals surface area contributed by atoms with Gasteiger partial charge in [0.15, 0.2) is 0 Å². The van der Waals surface area contributed by atoms with Gasteiger partial charge in [0.1, 0.15) is 0 Å². The maximum absolute atomic E-state index is 13.1. The first kappa shape index (κ1) is 24.7. The molecule has 1 fully saturated rings. The van der Waals surface area contributed by atoms with Crippen LogP contribution in [0.3, 0.4) is 0 Å². The van der Waals surface area contributed by atoms with Gasteiger partial charge in [0.2, 0.25) is 0 Å². The molecule has 6 nitrogen and oxygen atoms in total. The highest BCUT2D eigenvalue weighted by Gasteiger charge is 2.32. The molecule has 1 aliphatic rings. The lowest BCUT2D eigenvalue weighted by Gasteiger charge is -2.36. The van der Waals surface area contributed by atoms with Crippen molar-refractivity contribution in [2.75, 3.05) is 46.5 Å². The van der Waals surface area contributed by atoms with E-state index < -0.39 is 23.8 Å². The number of alkyl halides is 3. The van der Waals surface area contributed by atoms with Gasteiger partial charge in [-0.15, -0.1) is 0 Å². The van der Waals surface area contributed by atoms with E-state index in [2.05, 4.69) is 0 Å². The highest BCUT2D eigenvalue weighted by Crippen LogP contribution is 2.29. The molecule has 0 bridgehead atoms. The summed E-state index contributed by atoms with van der Waals surface area (Å²) < 4.78 is 50.1. The van der Waals surface area contributed by atoms with Crippen molar-refractivity contribution < 1.29 is 32.2 Å². The summed E-state index contributed by atoms with van der Waals surface area (Å²) in [6.45, 7) is 3.44. The predicted octanol–water partition coefficient (Wildman–Crippen LogP) is 3.64. The van der Waals surface area contributed by atoms with Gasteiger partial charge in [0.25, 0.3) is 11.8 Å². The number of halogens is 3. The maximum Gasteiger partial charge on any atom is 0.416 e. The number of morpholine rings is 1. The number of amides is 2.